The van der Waals surface area contributed by atoms with Crippen LogP contribution in [0.2, 0.25) is 0 Å². The number of nitrogens with zero attached hydrogens (tertiary/aromatic N) is 2. The molecule has 0 unspecified atom stereocenters. The molecule has 4 aromatic rings. The Morgan fingerprint density at radius 3 is 2.36 bits per heavy atom. The van der Waals surface area contributed by atoms with Gasteiger partial charge in [-0.05, 0) is 81.0 Å². The number of ether oxygens (including phenoxy) is 1. The molecule has 184 valence electrons. The monoisotopic (exact) mass is 498 g/mol. The summed E-state index contributed by atoms with van der Waals surface area (Å²) in [5.41, 5.74) is 5.94. The van der Waals surface area contributed by atoms with Crippen molar-refractivity contribution in [3.63, 3.8) is 0 Å². The first-order valence-electron chi connectivity index (χ1n) is 12.3. The van der Waals surface area contributed by atoms with Gasteiger partial charge < -0.3 is 15.4 Å². The molecule has 0 bridgehead atoms. The van der Waals surface area contributed by atoms with Crippen LogP contribution in [0.5, 0.6) is 5.75 Å². The number of methoxy groups -OCH3 is 1. The van der Waals surface area contributed by atoms with Crippen LogP contribution in [0.1, 0.15) is 62.2 Å². The number of aryl methyl sites for hydroxylation is 3. The second-order valence-corrected chi connectivity index (χ2v) is 10.2. The van der Waals surface area contributed by atoms with Crippen LogP contribution in [-0.2, 0) is 12.8 Å². The average molecular weight is 499 g/mol. The summed E-state index contributed by atoms with van der Waals surface area (Å²) in [6, 6.07) is 19.1. The second-order valence-electron chi connectivity index (χ2n) is 9.10. The second kappa shape index (κ2) is 10.5. The van der Waals surface area contributed by atoms with E-state index in [1.807, 2.05) is 62.4 Å². The maximum Gasteiger partial charge on any atom is 0.256 e. The SMILES string of the molecule is COc1ccc([C@@H](Nc2nc(C)cc(C)n2)c2c(NC(=O)c3ccccc3)sc3c2CCCC3)cc1. The van der Waals surface area contributed by atoms with Crippen LogP contribution in [0.3, 0.4) is 0 Å². The van der Waals surface area contributed by atoms with Crippen LogP contribution in [-0.4, -0.2) is 23.0 Å². The van der Waals surface area contributed by atoms with Gasteiger partial charge in [-0.1, -0.05) is 30.3 Å². The van der Waals surface area contributed by atoms with E-state index >= 15 is 0 Å². The number of fused-ring (bicyclic) bond motifs is 1. The van der Waals surface area contributed by atoms with E-state index in [-0.39, 0.29) is 11.9 Å². The molecule has 0 radical (unpaired) electrons. The maximum absolute atomic E-state index is 13.2. The van der Waals surface area contributed by atoms with Crippen molar-refractivity contribution in [3.05, 3.63) is 99.2 Å². The van der Waals surface area contributed by atoms with Crippen molar-refractivity contribution in [3.8, 4) is 5.75 Å². The molecule has 2 heterocycles. The van der Waals surface area contributed by atoms with E-state index in [1.54, 1.807) is 18.4 Å². The highest BCUT2D eigenvalue weighted by molar-refractivity contribution is 7.16. The quantitative estimate of drug-likeness (QED) is 0.304. The number of carbonyl (C=O) groups is 1. The molecule has 6 nitrogen and oxygen atoms in total. The maximum atomic E-state index is 13.2. The Hall–Kier alpha value is -3.71. The number of hydrogen-bond donors (Lipinski definition) is 2. The zero-order valence-electron chi connectivity index (χ0n) is 20.8. The largest absolute Gasteiger partial charge is 0.497 e. The molecule has 1 aliphatic carbocycles. The van der Waals surface area contributed by atoms with Crippen LogP contribution >= 0.6 is 11.3 Å². The van der Waals surface area contributed by atoms with E-state index < -0.39 is 0 Å². The molecule has 0 fully saturated rings. The number of amides is 1. The van der Waals surface area contributed by atoms with E-state index in [0.717, 1.165) is 52.5 Å². The molecular weight excluding hydrogens is 468 g/mol. The predicted octanol–water partition coefficient (Wildman–Crippen LogP) is 6.50. The van der Waals surface area contributed by atoms with Gasteiger partial charge in [0.2, 0.25) is 5.95 Å². The molecule has 1 atom stereocenters. The van der Waals surface area contributed by atoms with Gasteiger partial charge in [-0.15, -0.1) is 11.3 Å². The van der Waals surface area contributed by atoms with Gasteiger partial charge in [0.15, 0.2) is 0 Å². The summed E-state index contributed by atoms with van der Waals surface area (Å²) in [4.78, 5) is 23.9. The third-order valence-electron chi connectivity index (χ3n) is 6.47. The van der Waals surface area contributed by atoms with Gasteiger partial charge in [-0.3, -0.25) is 4.79 Å². The van der Waals surface area contributed by atoms with Gasteiger partial charge in [-0.2, -0.15) is 0 Å². The summed E-state index contributed by atoms with van der Waals surface area (Å²) in [5, 5.41) is 7.73. The third kappa shape index (κ3) is 5.11. The van der Waals surface area contributed by atoms with Crippen molar-refractivity contribution < 1.29 is 9.53 Å². The van der Waals surface area contributed by atoms with Crippen LogP contribution in [0.15, 0.2) is 60.7 Å². The lowest BCUT2D eigenvalue weighted by Crippen LogP contribution is -2.19. The summed E-state index contributed by atoms with van der Waals surface area (Å²) in [5.74, 6) is 1.26. The zero-order valence-corrected chi connectivity index (χ0v) is 21.6. The first-order chi connectivity index (χ1) is 17.5. The molecule has 2 aromatic carbocycles. The lowest BCUT2D eigenvalue weighted by molar-refractivity contribution is 0.102. The normalized spacial score (nSPS) is 13.5. The minimum absolute atomic E-state index is 0.105. The topological polar surface area (TPSA) is 76.1 Å². The Bertz CT molecular complexity index is 1350. The number of aromatic nitrogens is 2. The van der Waals surface area contributed by atoms with Crippen LogP contribution in [0.4, 0.5) is 10.9 Å². The third-order valence-corrected chi connectivity index (χ3v) is 7.69. The first-order valence-corrected chi connectivity index (χ1v) is 13.1. The number of nitrogens with one attached hydrogen (secondary N) is 2. The van der Waals surface area contributed by atoms with Gasteiger partial charge in [0.05, 0.1) is 13.2 Å². The smallest absolute Gasteiger partial charge is 0.256 e. The Balaban J connectivity index is 1.62. The highest BCUT2D eigenvalue weighted by atomic mass is 32.1. The molecule has 36 heavy (non-hydrogen) atoms. The molecule has 0 spiro atoms. The molecule has 0 aliphatic heterocycles. The summed E-state index contributed by atoms with van der Waals surface area (Å²) in [6.07, 6.45) is 4.33. The van der Waals surface area contributed by atoms with Crippen molar-refractivity contribution in [2.45, 2.75) is 45.6 Å². The number of rotatable bonds is 7. The molecule has 0 saturated heterocycles. The molecule has 2 N–H and O–H groups in total. The molecule has 5 rings (SSSR count). The number of benzene rings is 2. The molecule has 1 amide bonds. The van der Waals surface area contributed by atoms with Crippen LogP contribution in [0, 0.1) is 13.8 Å². The predicted molar refractivity (Wildman–Crippen MR) is 145 cm³/mol. The summed E-state index contributed by atoms with van der Waals surface area (Å²) in [6.45, 7) is 3.94. The Morgan fingerprint density at radius 1 is 0.972 bits per heavy atom. The molecular formula is C29H30N4O2S. The fourth-order valence-corrected chi connectivity index (χ4v) is 6.11. The highest BCUT2D eigenvalue weighted by Crippen LogP contribution is 2.44. The lowest BCUT2D eigenvalue weighted by atomic mass is 9.89. The van der Waals surface area contributed by atoms with Crippen LogP contribution < -0.4 is 15.4 Å². The molecule has 2 aromatic heterocycles. The Kier molecular flexibility index (Phi) is 7.00. The van der Waals surface area contributed by atoms with E-state index in [1.165, 1.54) is 16.9 Å². The molecule has 0 saturated carbocycles. The molecule has 1 aliphatic rings. The standard InChI is InChI=1S/C29H30N4O2S/c1-18-17-19(2)31-29(30-18)32-26(20-13-15-22(35-3)16-14-20)25-23-11-7-8-12-24(23)36-28(25)33-27(34)21-9-5-4-6-10-21/h4-6,9-10,13-17,26H,7-8,11-12H2,1-3H3,(H,33,34)(H,30,31,32)/t26-/m1/s1. The Labute approximate surface area is 215 Å². The van der Waals surface area contributed by atoms with E-state index in [9.17, 15) is 4.79 Å². The van der Waals surface area contributed by atoms with Gasteiger partial charge in [0, 0.05) is 27.4 Å². The number of anilines is 2. The highest BCUT2D eigenvalue weighted by Gasteiger charge is 2.29. The van der Waals surface area contributed by atoms with Crippen molar-refractivity contribution >= 4 is 28.2 Å². The Morgan fingerprint density at radius 2 is 1.67 bits per heavy atom. The minimum Gasteiger partial charge on any atom is -0.497 e. The first kappa shape index (κ1) is 24.0. The zero-order chi connectivity index (χ0) is 25.1. The van der Waals surface area contributed by atoms with E-state index in [0.29, 0.717) is 11.5 Å². The lowest BCUT2D eigenvalue weighted by Gasteiger charge is -2.24. The van der Waals surface area contributed by atoms with Gasteiger partial charge >= 0.3 is 0 Å². The van der Waals surface area contributed by atoms with E-state index in [2.05, 4.69) is 32.7 Å². The van der Waals surface area contributed by atoms with E-state index in [4.69, 9.17) is 4.74 Å². The minimum atomic E-state index is -0.235. The fourth-order valence-electron chi connectivity index (χ4n) is 4.79. The number of carbonyl (C=O) groups excluding carboxylic acids is 1. The summed E-state index contributed by atoms with van der Waals surface area (Å²) < 4.78 is 5.41. The van der Waals surface area contributed by atoms with Crippen molar-refractivity contribution in [1.82, 2.24) is 9.97 Å². The van der Waals surface area contributed by atoms with Gasteiger partial charge in [0.1, 0.15) is 10.8 Å². The van der Waals surface area contributed by atoms with Crippen molar-refractivity contribution in [2.24, 2.45) is 0 Å². The van der Waals surface area contributed by atoms with Crippen LogP contribution in [0.25, 0.3) is 0 Å². The van der Waals surface area contributed by atoms with Crippen molar-refractivity contribution in [2.75, 3.05) is 17.7 Å². The fraction of sp³-hybridized carbons (Fsp3) is 0.276. The molecule has 7 heteroatoms. The summed E-state index contributed by atoms with van der Waals surface area (Å²) >= 11 is 1.70. The summed E-state index contributed by atoms with van der Waals surface area (Å²) in [7, 11) is 1.67. The average Bonchev–Trinajstić information content (AvgIpc) is 3.25. The van der Waals surface area contributed by atoms with Gasteiger partial charge in [-0.25, -0.2) is 9.97 Å². The van der Waals surface area contributed by atoms with Gasteiger partial charge in [0.25, 0.3) is 5.91 Å². The number of thiophene rings is 1. The van der Waals surface area contributed by atoms with Crippen molar-refractivity contribution in [1.29, 1.82) is 0 Å². The number of hydrogen-bond acceptors (Lipinski definition) is 6.